The van der Waals surface area contributed by atoms with E-state index in [1.165, 1.54) is 13.2 Å². The Hall–Kier alpha value is -3.08. The molecule has 0 aromatic heterocycles. The molecule has 0 saturated carbocycles. The molecule has 0 heterocycles. The Labute approximate surface area is 172 Å². The molecular weight excluding hydrogens is 368 g/mol. The van der Waals surface area contributed by atoms with Crippen LogP contribution in [0.15, 0.2) is 48.5 Å². The fourth-order valence-corrected chi connectivity index (χ4v) is 2.84. The van der Waals surface area contributed by atoms with Gasteiger partial charge in [-0.15, -0.1) is 0 Å². The number of hydrogen-bond donors (Lipinski definition) is 0. The van der Waals surface area contributed by atoms with E-state index in [-0.39, 0.29) is 11.2 Å². The van der Waals surface area contributed by atoms with Crippen molar-refractivity contribution in [3.05, 3.63) is 65.2 Å². The smallest absolute Gasteiger partial charge is 0.331 e. The molecule has 0 aliphatic carbocycles. The summed E-state index contributed by atoms with van der Waals surface area (Å²) in [6, 6.07) is 12.7. The number of ketones is 1. The van der Waals surface area contributed by atoms with E-state index >= 15 is 0 Å². The van der Waals surface area contributed by atoms with Gasteiger partial charge in [0.2, 0.25) is 5.78 Å². The van der Waals surface area contributed by atoms with Gasteiger partial charge in [-0.1, -0.05) is 57.2 Å². The molecule has 0 unspecified atom stereocenters. The zero-order chi connectivity index (χ0) is 21.6. The van der Waals surface area contributed by atoms with Crippen LogP contribution in [0.2, 0.25) is 0 Å². The van der Waals surface area contributed by atoms with Gasteiger partial charge in [0.15, 0.2) is 17.6 Å². The number of carbonyl (C=O) groups excluding carboxylic acids is 2. The van der Waals surface area contributed by atoms with Crippen molar-refractivity contribution >= 4 is 17.8 Å². The van der Waals surface area contributed by atoms with Crippen molar-refractivity contribution in [3.8, 4) is 11.5 Å². The van der Waals surface area contributed by atoms with Crippen molar-refractivity contribution in [2.45, 2.75) is 39.2 Å². The third-order valence-corrected chi connectivity index (χ3v) is 4.53. The van der Waals surface area contributed by atoms with E-state index in [1.54, 1.807) is 50.4 Å². The van der Waals surface area contributed by atoms with Crippen molar-refractivity contribution in [3.63, 3.8) is 0 Å². The molecular formula is C24H28O5. The number of hydrogen-bond acceptors (Lipinski definition) is 5. The van der Waals surface area contributed by atoms with Crippen LogP contribution >= 0.6 is 0 Å². The average molecular weight is 396 g/mol. The molecule has 5 heteroatoms. The van der Waals surface area contributed by atoms with Gasteiger partial charge in [0.1, 0.15) is 0 Å². The minimum atomic E-state index is -0.889. The average Bonchev–Trinajstić information content (AvgIpc) is 2.70. The number of para-hydroxylation sites is 1. The van der Waals surface area contributed by atoms with E-state index < -0.39 is 12.1 Å². The summed E-state index contributed by atoms with van der Waals surface area (Å²) >= 11 is 0. The maximum Gasteiger partial charge on any atom is 0.331 e. The van der Waals surface area contributed by atoms with E-state index in [0.29, 0.717) is 22.6 Å². The standard InChI is InChI=1S/C24H28O5/c1-16(22(26)17-10-13-19(14-11-17)24(2,3)4)29-21(25)15-12-18-8-7-9-20(27-5)23(18)28-6/h7-16H,1-6H3/b15-12+/t16-/m0/s1. The van der Waals surface area contributed by atoms with Crippen LogP contribution in [0.25, 0.3) is 6.08 Å². The van der Waals surface area contributed by atoms with E-state index in [1.807, 2.05) is 12.1 Å². The van der Waals surface area contributed by atoms with Gasteiger partial charge in [-0.2, -0.15) is 0 Å². The predicted octanol–water partition coefficient (Wildman–Crippen LogP) is 4.83. The molecule has 0 aliphatic rings. The van der Waals surface area contributed by atoms with Crippen LogP contribution in [0, 0.1) is 0 Å². The molecule has 154 valence electrons. The molecule has 2 aromatic rings. The molecule has 0 radical (unpaired) electrons. The van der Waals surface area contributed by atoms with Crippen molar-refractivity contribution < 1.29 is 23.8 Å². The van der Waals surface area contributed by atoms with Gasteiger partial charge in [-0.05, 0) is 30.0 Å². The summed E-state index contributed by atoms with van der Waals surface area (Å²) in [6.45, 7) is 7.89. The molecule has 0 fully saturated rings. The van der Waals surface area contributed by atoms with E-state index in [0.717, 1.165) is 5.56 Å². The summed E-state index contributed by atoms with van der Waals surface area (Å²) in [5.74, 6) is 0.223. The Morgan fingerprint density at radius 2 is 1.62 bits per heavy atom. The fourth-order valence-electron chi connectivity index (χ4n) is 2.84. The Kier molecular flexibility index (Phi) is 7.21. The van der Waals surface area contributed by atoms with Crippen molar-refractivity contribution in [1.82, 2.24) is 0 Å². The third kappa shape index (κ3) is 5.70. The Morgan fingerprint density at radius 3 is 2.17 bits per heavy atom. The normalized spacial score (nSPS) is 12.5. The minimum absolute atomic E-state index is 0.00559. The molecule has 0 spiro atoms. The summed E-state index contributed by atoms with van der Waals surface area (Å²) in [4.78, 5) is 24.7. The molecule has 0 N–H and O–H groups in total. The second-order valence-electron chi connectivity index (χ2n) is 7.69. The largest absolute Gasteiger partial charge is 0.493 e. The molecule has 5 nitrogen and oxygen atoms in total. The molecule has 2 rings (SSSR count). The molecule has 0 bridgehead atoms. The zero-order valence-electron chi connectivity index (χ0n) is 17.8. The maximum absolute atomic E-state index is 12.6. The van der Waals surface area contributed by atoms with Crippen LogP contribution in [0.5, 0.6) is 11.5 Å². The van der Waals surface area contributed by atoms with Crippen molar-refractivity contribution in [2.75, 3.05) is 14.2 Å². The lowest BCUT2D eigenvalue weighted by atomic mass is 9.86. The number of ether oxygens (including phenoxy) is 3. The quantitative estimate of drug-likeness (QED) is 0.381. The van der Waals surface area contributed by atoms with Gasteiger partial charge in [-0.3, -0.25) is 4.79 Å². The lowest BCUT2D eigenvalue weighted by Gasteiger charge is -2.19. The second kappa shape index (κ2) is 9.41. The fraction of sp³-hybridized carbons (Fsp3) is 0.333. The molecule has 0 amide bonds. The highest BCUT2D eigenvalue weighted by molar-refractivity contribution is 6.01. The highest BCUT2D eigenvalue weighted by Gasteiger charge is 2.20. The van der Waals surface area contributed by atoms with Crippen molar-refractivity contribution in [2.24, 2.45) is 0 Å². The minimum Gasteiger partial charge on any atom is -0.493 e. The summed E-state index contributed by atoms with van der Waals surface area (Å²) in [6.07, 6.45) is 1.95. The number of Topliss-reactive ketones (excluding diaryl/α,β-unsaturated/α-hetero) is 1. The summed E-state index contributed by atoms with van der Waals surface area (Å²) in [5, 5.41) is 0. The molecule has 0 saturated heterocycles. The van der Waals surface area contributed by atoms with E-state index in [9.17, 15) is 9.59 Å². The topological polar surface area (TPSA) is 61.8 Å². The predicted molar refractivity (Wildman–Crippen MR) is 114 cm³/mol. The van der Waals surface area contributed by atoms with Gasteiger partial charge < -0.3 is 14.2 Å². The van der Waals surface area contributed by atoms with Gasteiger partial charge >= 0.3 is 5.97 Å². The van der Waals surface area contributed by atoms with Gasteiger partial charge in [0.05, 0.1) is 14.2 Å². The lowest BCUT2D eigenvalue weighted by Crippen LogP contribution is -2.23. The first-order chi connectivity index (χ1) is 13.7. The molecule has 1 atom stereocenters. The van der Waals surface area contributed by atoms with Crippen molar-refractivity contribution in [1.29, 1.82) is 0 Å². The van der Waals surface area contributed by atoms with Crippen LogP contribution in [0.1, 0.15) is 49.2 Å². The molecule has 29 heavy (non-hydrogen) atoms. The van der Waals surface area contributed by atoms with Gasteiger partial charge in [0, 0.05) is 17.2 Å². The highest BCUT2D eigenvalue weighted by Crippen LogP contribution is 2.31. The van der Waals surface area contributed by atoms with Crippen LogP contribution < -0.4 is 9.47 Å². The number of esters is 1. The number of methoxy groups -OCH3 is 2. The first-order valence-corrected chi connectivity index (χ1v) is 9.41. The van der Waals surface area contributed by atoms with Crippen LogP contribution in [-0.2, 0) is 14.9 Å². The van der Waals surface area contributed by atoms with Gasteiger partial charge in [-0.25, -0.2) is 4.79 Å². The number of carbonyl (C=O) groups is 2. The number of benzene rings is 2. The highest BCUT2D eigenvalue weighted by atomic mass is 16.5. The lowest BCUT2D eigenvalue weighted by molar-refractivity contribution is -0.140. The SMILES string of the molecule is COc1cccc(/C=C/C(=O)O[C@@H](C)C(=O)c2ccc(C(C)(C)C)cc2)c1OC. The number of rotatable bonds is 7. The van der Waals surface area contributed by atoms with E-state index in [2.05, 4.69) is 20.8 Å². The molecule has 0 aliphatic heterocycles. The van der Waals surface area contributed by atoms with Crippen LogP contribution in [-0.4, -0.2) is 32.1 Å². The van der Waals surface area contributed by atoms with E-state index in [4.69, 9.17) is 14.2 Å². The molecule has 2 aromatic carbocycles. The first-order valence-electron chi connectivity index (χ1n) is 9.41. The summed E-state index contributed by atoms with van der Waals surface area (Å²) < 4.78 is 15.8. The van der Waals surface area contributed by atoms with Crippen LogP contribution in [0.4, 0.5) is 0 Å². The summed E-state index contributed by atoms with van der Waals surface area (Å²) in [5.41, 5.74) is 2.32. The first kappa shape index (κ1) is 22.2. The Morgan fingerprint density at radius 1 is 0.966 bits per heavy atom. The second-order valence-corrected chi connectivity index (χ2v) is 7.69. The van der Waals surface area contributed by atoms with Crippen LogP contribution in [0.3, 0.4) is 0 Å². The maximum atomic E-state index is 12.6. The van der Waals surface area contributed by atoms with Gasteiger partial charge in [0.25, 0.3) is 0 Å². The summed E-state index contributed by atoms with van der Waals surface area (Å²) in [7, 11) is 3.07. The zero-order valence-corrected chi connectivity index (χ0v) is 17.8. The monoisotopic (exact) mass is 396 g/mol. The third-order valence-electron chi connectivity index (χ3n) is 4.53. The Balaban J connectivity index is 2.05. The Bertz CT molecular complexity index is 888.